The number of rotatable bonds is 4. The van der Waals surface area contributed by atoms with Crippen LogP contribution in [0.15, 0.2) is 23.1 Å². The average molecular weight is 345 g/mol. The van der Waals surface area contributed by atoms with Gasteiger partial charge in [-0.05, 0) is 43.2 Å². The summed E-state index contributed by atoms with van der Waals surface area (Å²) in [4.78, 5) is 0.209. The molecule has 1 aromatic carbocycles. The number of hydrogen-bond acceptors (Lipinski definition) is 3. The summed E-state index contributed by atoms with van der Waals surface area (Å²) in [6.45, 7) is 0. The summed E-state index contributed by atoms with van der Waals surface area (Å²) < 4.78 is 28.0. The van der Waals surface area contributed by atoms with E-state index in [1.807, 2.05) is 0 Å². The zero-order chi connectivity index (χ0) is 15.2. The second-order valence-corrected chi connectivity index (χ2v) is 8.44. The van der Waals surface area contributed by atoms with Gasteiger partial charge in [-0.1, -0.05) is 36.3 Å². The molecule has 0 radical (unpaired) electrons. The lowest BCUT2D eigenvalue weighted by Crippen LogP contribution is -2.38. The van der Waals surface area contributed by atoms with Gasteiger partial charge < -0.3 is 5.73 Å². The van der Waals surface area contributed by atoms with Crippen molar-refractivity contribution in [3.63, 3.8) is 0 Å². The maximum absolute atomic E-state index is 12.6. The molecule has 0 heterocycles. The van der Waals surface area contributed by atoms with Crippen LogP contribution < -0.4 is 10.5 Å². The lowest BCUT2D eigenvalue weighted by Gasteiger charge is -2.23. The van der Waals surface area contributed by atoms with Crippen LogP contribution in [0.3, 0.4) is 0 Å². The van der Waals surface area contributed by atoms with Crippen LogP contribution in [-0.4, -0.2) is 19.4 Å². The van der Waals surface area contributed by atoms with Crippen molar-refractivity contribution in [2.24, 2.45) is 17.6 Å². The number of benzene rings is 1. The molecule has 4 nitrogen and oxygen atoms in total. The number of nitrogens with two attached hydrogens (primary N) is 1. The van der Waals surface area contributed by atoms with E-state index in [-0.39, 0.29) is 20.9 Å². The Hall–Kier alpha value is -0.690. The monoisotopic (exact) mass is 344 g/mol. The lowest BCUT2D eigenvalue weighted by atomic mass is 9.96. The van der Waals surface area contributed by atoms with Crippen LogP contribution in [0.4, 0.5) is 0 Å². The molecular weight excluding hydrogens is 328 g/mol. The van der Waals surface area contributed by atoms with Crippen LogP contribution in [0.5, 0.6) is 0 Å². The molecule has 21 heavy (non-hydrogen) atoms. The van der Waals surface area contributed by atoms with Gasteiger partial charge in [-0.3, -0.25) is 0 Å². The SMILES string of the molecule is NC(=S)c1ccc(Cl)c(S(=O)(=O)NC2CC3CCC2C3)c1. The molecule has 3 rings (SSSR count). The van der Waals surface area contributed by atoms with Gasteiger partial charge in [0.25, 0.3) is 0 Å². The third-order valence-electron chi connectivity index (χ3n) is 4.55. The predicted octanol–water partition coefficient (Wildman–Crippen LogP) is 2.44. The van der Waals surface area contributed by atoms with Crippen molar-refractivity contribution in [1.29, 1.82) is 0 Å². The quantitative estimate of drug-likeness (QED) is 0.823. The molecule has 0 aromatic heterocycles. The Morgan fingerprint density at radius 3 is 2.67 bits per heavy atom. The van der Waals surface area contributed by atoms with E-state index < -0.39 is 10.0 Å². The normalized spacial score (nSPS) is 28.0. The Balaban J connectivity index is 1.88. The summed E-state index contributed by atoms with van der Waals surface area (Å²) in [6.07, 6.45) is 4.39. The molecule has 0 amide bonds. The predicted molar refractivity (Wildman–Crippen MR) is 86.9 cm³/mol. The van der Waals surface area contributed by atoms with Crippen molar-refractivity contribution in [2.75, 3.05) is 0 Å². The molecule has 0 aliphatic heterocycles. The molecule has 2 aliphatic carbocycles. The number of hydrogen-bond donors (Lipinski definition) is 2. The molecule has 2 aliphatic rings. The topological polar surface area (TPSA) is 72.2 Å². The van der Waals surface area contributed by atoms with Gasteiger partial charge in [-0.15, -0.1) is 0 Å². The van der Waals surface area contributed by atoms with Gasteiger partial charge in [0.05, 0.1) is 5.02 Å². The number of nitrogens with one attached hydrogen (secondary N) is 1. The van der Waals surface area contributed by atoms with Gasteiger partial charge in [0.1, 0.15) is 9.88 Å². The third-order valence-corrected chi connectivity index (χ3v) is 6.76. The van der Waals surface area contributed by atoms with Crippen LogP contribution in [0.1, 0.15) is 31.2 Å². The van der Waals surface area contributed by atoms with Gasteiger partial charge in [-0.25, -0.2) is 13.1 Å². The summed E-state index contributed by atoms with van der Waals surface area (Å²) in [5.41, 5.74) is 6.06. The minimum absolute atomic E-state index is 0.0262. The smallest absolute Gasteiger partial charge is 0.242 e. The van der Waals surface area contributed by atoms with E-state index >= 15 is 0 Å². The number of sulfonamides is 1. The van der Waals surface area contributed by atoms with Crippen molar-refractivity contribution in [3.05, 3.63) is 28.8 Å². The van der Waals surface area contributed by atoms with E-state index in [4.69, 9.17) is 29.6 Å². The molecule has 0 spiro atoms. The number of fused-ring (bicyclic) bond motifs is 2. The minimum atomic E-state index is -3.65. The molecule has 0 saturated heterocycles. The minimum Gasteiger partial charge on any atom is -0.389 e. The van der Waals surface area contributed by atoms with E-state index in [2.05, 4.69) is 4.72 Å². The van der Waals surface area contributed by atoms with Crippen LogP contribution >= 0.6 is 23.8 Å². The molecule has 3 N–H and O–H groups in total. The largest absolute Gasteiger partial charge is 0.389 e. The van der Waals surface area contributed by atoms with Crippen molar-refractivity contribution < 1.29 is 8.42 Å². The summed E-state index contributed by atoms with van der Waals surface area (Å²) in [6, 6.07) is 4.62. The van der Waals surface area contributed by atoms with E-state index in [9.17, 15) is 8.42 Å². The van der Waals surface area contributed by atoms with Gasteiger partial charge in [0.15, 0.2) is 0 Å². The van der Waals surface area contributed by atoms with Crippen molar-refractivity contribution in [2.45, 2.75) is 36.6 Å². The van der Waals surface area contributed by atoms with Gasteiger partial charge in [-0.2, -0.15) is 0 Å². The molecular formula is C14H17ClN2O2S2. The van der Waals surface area contributed by atoms with E-state index in [1.54, 1.807) is 6.07 Å². The third kappa shape index (κ3) is 2.95. The molecule has 3 unspecified atom stereocenters. The Bertz CT molecular complexity index is 690. The van der Waals surface area contributed by atoms with Gasteiger partial charge in [0, 0.05) is 11.6 Å². The molecule has 2 saturated carbocycles. The molecule has 3 atom stereocenters. The van der Waals surface area contributed by atoms with Gasteiger partial charge >= 0.3 is 0 Å². The highest BCUT2D eigenvalue weighted by atomic mass is 35.5. The number of halogens is 1. The molecule has 2 bridgehead atoms. The van der Waals surface area contributed by atoms with Crippen molar-refractivity contribution >= 4 is 38.8 Å². The lowest BCUT2D eigenvalue weighted by molar-refractivity contribution is 0.390. The second-order valence-electron chi connectivity index (χ2n) is 5.91. The van der Waals surface area contributed by atoms with Crippen molar-refractivity contribution in [1.82, 2.24) is 4.72 Å². The Morgan fingerprint density at radius 1 is 1.33 bits per heavy atom. The standard InChI is InChI=1S/C14H17ClN2O2S2/c15-11-4-3-10(14(16)20)7-13(11)21(18,19)17-12-6-8-1-2-9(12)5-8/h3-4,7-9,12,17H,1-2,5-6H2,(H2,16,20). The van der Waals surface area contributed by atoms with Crippen LogP contribution in [0.2, 0.25) is 5.02 Å². The fourth-order valence-corrected chi connectivity index (χ4v) is 5.48. The fourth-order valence-electron chi connectivity index (χ4n) is 3.51. The summed E-state index contributed by atoms with van der Waals surface area (Å²) in [7, 11) is -3.65. The average Bonchev–Trinajstić information content (AvgIpc) is 3.00. The first kappa shape index (κ1) is 15.2. The highest BCUT2D eigenvalue weighted by Gasteiger charge is 2.41. The Kier molecular flexibility index (Phi) is 3.98. The van der Waals surface area contributed by atoms with E-state index in [0.717, 1.165) is 19.3 Å². The molecule has 7 heteroatoms. The molecule has 2 fully saturated rings. The summed E-state index contributed by atoms with van der Waals surface area (Å²) in [5, 5.41) is 0.186. The maximum atomic E-state index is 12.6. The Morgan fingerprint density at radius 2 is 2.10 bits per heavy atom. The van der Waals surface area contributed by atoms with E-state index in [0.29, 0.717) is 17.4 Å². The van der Waals surface area contributed by atoms with Crippen LogP contribution in [-0.2, 0) is 10.0 Å². The summed E-state index contributed by atoms with van der Waals surface area (Å²) in [5.74, 6) is 1.13. The highest BCUT2D eigenvalue weighted by molar-refractivity contribution is 7.89. The summed E-state index contributed by atoms with van der Waals surface area (Å²) >= 11 is 10.9. The Labute approximate surface area is 135 Å². The molecule has 114 valence electrons. The zero-order valence-corrected chi connectivity index (χ0v) is 13.8. The first-order chi connectivity index (χ1) is 9.87. The fraction of sp³-hybridized carbons (Fsp3) is 0.500. The first-order valence-corrected chi connectivity index (χ1v) is 9.25. The first-order valence-electron chi connectivity index (χ1n) is 6.98. The van der Waals surface area contributed by atoms with Crippen LogP contribution in [0, 0.1) is 11.8 Å². The van der Waals surface area contributed by atoms with Crippen molar-refractivity contribution in [3.8, 4) is 0 Å². The van der Waals surface area contributed by atoms with Crippen LogP contribution in [0.25, 0.3) is 0 Å². The zero-order valence-electron chi connectivity index (χ0n) is 11.4. The maximum Gasteiger partial charge on any atom is 0.242 e. The highest BCUT2D eigenvalue weighted by Crippen LogP contribution is 2.45. The van der Waals surface area contributed by atoms with E-state index in [1.165, 1.54) is 18.6 Å². The molecule has 1 aromatic rings. The van der Waals surface area contributed by atoms with Gasteiger partial charge in [0.2, 0.25) is 10.0 Å². The number of thiocarbonyl (C=S) groups is 1. The second kappa shape index (κ2) is 5.50.